The molecule has 1 saturated heterocycles. The van der Waals surface area contributed by atoms with Gasteiger partial charge in [0.2, 0.25) is 11.8 Å². The number of amides is 2. The quantitative estimate of drug-likeness (QED) is 0.230. The Balaban J connectivity index is 0.00000408. The van der Waals surface area contributed by atoms with Crippen LogP contribution in [0.25, 0.3) is 0 Å². The van der Waals surface area contributed by atoms with Crippen LogP contribution in [0.3, 0.4) is 0 Å². The van der Waals surface area contributed by atoms with E-state index in [1.54, 1.807) is 0 Å². The molecular formula is C26H36IN5O2. The summed E-state index contributed by atoms with van der Waals surface area (Å²) in [6, 6.07) is 15.9. The largest absolute Gasteiger partial charge is 0.357 e. The van der Waals surface area contributed by atoms with E-state index in [4.69, 9.17) is 0 Å². The minimum absolute atomic E-state index is 0. The number of nitrogens with one attached hydrogen (secondary N) is 3. The van der Waals surface area contributed by atoms with Gasteiger partial charge in [-0.25, -0.2) is 4.99 Å². The number of halogens is 1. The molecule has 1 aliphatic rings. The lowest BCUT2D eigenvalue weighted by Gasteiger charge is -2.16. The predicted octanol–water partition coefficient (Wildman–Crippen LogP) is 4.67. The van der Waals surface area contributed by atoms with Gasteiger partial charge < -0.3 is 20.9 Å². The van der Waals surface area contributed by atoms with Crippen LogP contribution in [0.2, 0.25) is 0 Å². The molecule has 2 amide bonds. The summed E-state index contributed by atoms with van der Waals surface area (Å²) < 4.78 is 0. The molecule has 1 heterocycles. The molecule has 0 bridgehead atoms. The maximum atomic E-state index is 12.0. The number of aliphatic imine (C=N–C) groups is 1. The summed E-state index contributed by atoms with van der Waals surface area (Å²) in [7, 11) is 0. The van der Waals surface area contributed by atoms with Crippen molar-refractivity contribution in [3.63, 3.8) is 0 Å². The fourth-order valence-electron chi connectivity index (χ4n) is 3.74. The lowest BCUT2D eigenvalue weighted by molar-refractivity contribution is -0.117. The molecule has 34 heavy (non-hydrogen) atoms. The highest BCUT2D eigenvalue weighted by atomic mass is 127. The zero-order chi connectivity index (χ0) is 23.6. The third-order valence-electron chi connectivity index (χ3n) is 5.35. The van der Waals surface area contributed by atoms with Gasteiger partial charge in [0.05, 0.1) is 6.54 Å². The third kappa shape index (κ3) is 8.62. The molecule has 0 saturated carbocycles. The van der Waals surface area contributed by atoms with E-state index < -0.39 is 0 Å². The SMILES string of the molecule is CCNC(=NCc1cccc(NC(=O)CC(C)C)c1)NCc1ccc(N2CCCC2=O)cc1.I. The zero-order valence-corrected chi connectivity index (χ0v) is 22.6. The molecule has 3 rings (SSSR count). The van der Waals surface area contributed by atoms with Gasteiger partial charge in [-0.3, -0.25) is 9.59 Å². The van der Waals surface area contributed by atoms with Gasteiger partial charge in [-0.2, -0.15) is 0 Å². The van der Waals surface area contributed by atoms with E-state index in [2.05, 4.69) is 20.9 Å². The Morgan fingerprint density at radius 2 is 1.85 bits per heavy atom. The second-order valence-corrected chi connectivity index (χ2v) is 8.71. The Hall–Kier alpha value is -2.62. The van der Waals surface area contributed by atoms with Crippen LogP contribution in [-0.2, 0) is 22.7 Å². The van der Waals surface area contributed by atoms with Gasteiger partial charge >= 0.3 is 0 Å². The van der Waals surface area contributed by atoms with Gasteiger partial charge in [-0.05, 0) is 54.7 Å². The second-order valence-electron chi connectivity index (χ2n) is 8.71. The van der Waals surface area contributed by atoms with E-state index in [1.807, 2.05) is 74.2 Å². The predicted molar refractivity (Wildman–Crippen MR) is 150 cm³/mol. The number of carbonyl (C=O) groups is 2. The molecule has 1 aliphatic heterocycles. The lowest BCUT2D eigenvalue weighted by Crippen LogP contribution is -2.36. The maximum Gasteiger partial charge on any atom is 0.227 e. The molecule has 3 N–H and O–H groups in total. The average molecular weight is 578 g/mol. The Bertz CT molecular complexity index is 975. The standard InChI is InChI=1S/C26H35N5O2.HI/c1-4-27-26(28-17-20-10-12-23(13-11-20)31-14-6-9-25(31)33)29-18-21-7-5-8-22(16-21)30-24(32)15-19(2)3;/h5,7-8,10-13,16,19H,4,6,9,14-15,17-18H2,1-3H3,(H,30,32)(H2,27,28,29);1H. The van der Waals surface area contributed by atoms with Crippen LogP contribution in [0, 0.1) is 5.92 Å². The van der Waals surface area contributed by atoms with Gasteiger partial charge in [0.1, 0.15) is 0 Å². The molecule has 0 spiro atoms. The normalized spacial score (nSPS) is 13.6. The first-order valence-corrected chi connectivity index (χ1v) is 11.7. The second kappa shape index (κ2) is 13.9. The van der Waals surface area contributed by atoms with Crippen molar-refractivity contribution in [3.05, 3.63) is 59.7 Å². The van der Waals surface area contributed by atoms with E-state index in [0.717, 1.165) is 48.0 Å². The van der Waals surface area contributed by atoms with Crippen LogP contribution < -0.4 is 20.9 Å². The zero-order valence-electron chi connectivity index (χ0n) is 20.3. The van der Waals surface area contributed by atoms with Crippen molar-refractivity contribution >= 4 is 53.1 Å². The van der Waals surface area contributed by atoms with Crippen LogP contribution in [-0.4, -0.2) is 30.9 Å². The van der Waals surface area contributed by atoms with Crippen LogP contribution in [0.15, 0.2) is 53.5 Å². The van der Waals surface area contributed by atoms with Gasteiger partial charge in [-0.15, -0.1) is 24.0 Å². The Morgan fingerprint density at radius 3 is 2.50 bits per heavy atom. The third-order valence-corrected chi connectivity index (χ3v) is 5.35. The van der Waals surface area contributed by atoms with E-state index in [-0.39, 0.29) is 35.8 Å². The molecule has 8 heteroatoms. The number of rotatable bonds is 9. The number of anilines is 2. The molecule has 0 atom stereocenters. The number of guanidine groups is 1. The van der Waals surface area contributed by atoms with Crippen molar-refractivity contribution in [1.29, 1.82) is 0 Å². The monoisotopic (exact) mass is 577 g/mol. The first-order chi connectivity index (χ1) is 15.9. The summed E-state index contributed by atoms with van der Waals surface area (Å²) in [5.41, 5.74) is 3.89. The fraction of sp³-hybridized carbons (Fsp3) is 0.423. The summed E-state index contributed by atoms with van der Waals surface area (Å²) in [6.45, 7) is 8.78. The van der Waals surface area contributed by atoms with E-state index in [0.29, 0.717) is 31.8 Å². The Labute approximate surface area is 219 Å². The van der Waals surface area contributed by atoms with Crippen LogP contribution in [0.5, 0.6) is 0 Å². The number of carbonyl (C=O) groups excluding carboxylic acids is 2. The molecule has 1 fully saturated rings. The smallest absolute Gasteiger partial charge is 0.227 e. The summed E-state index contributed by atoms with van der Waals surface area (Å²) in [5.74, 6) is 1.28. The highest BCUT2D eigenvalue weighted by Gasteiger charge is 2.21. The summed E-state index contributed by atoms with van der Waals surface area (Å²) >= 11 is 0. The number of hydrogen-bond donors (Lipinski definition) is 3. The molecule has 0 radical (unpaired) electrons. The van der Waals surface area contributed by atoms with E-state index in [1.165, 1.54) is 0 Å². The maximum absolute atomic E-state index is 12.0. The number of hydrogen-bond acceptors (Lipinski definition) is 3. The Kier molecular flexibility index (Phi) is 11.3. The van der Waals surface area contributed by atoms with Gasteiger partial charge in [0, 0.05) is 43.9 Å². The summed E-state index contributed by atoms with van der Waals surface area (Å²) in [6.07, 6.45) is 2.07. The van der Waals surface area contributed by atoms with Crippen molar-refractivity contribution in [2.45, 2.75) is 53.1 Å². The van der Waals surface area contributed by atoms with E-state index in [9.17, 15) is 9.59 Å². The highest BCUT2D eigenvalue weighted by Crippen LogP contribution is 2.21. The van der Waals surface area contributed by atoms with Crippen LogP contribution in [0.4, 0.5) is 11.4 Å². The van der Waals surface area contributed by atoms with Gasteiger partial charge in [0.15, 0.2) is 5.96 Å². The minimum Gasteiger partial charge on any atom is -0.357 e. The summed E-state index contributed by atoms with van der Waals surface area (Å²) in [4.78, 5) is 30.5. The molecule has 7 nitrogen and oxygen atoms in total. The lowest BCUT2D eigenvalue weighted by atomic mass is 10.1. The first kappa shape index (κ1) is 27.6. The summed E-state index contributed by atoms with van der Waals surface area (Å²) in [5, 5.41) is 9.59. The molecule has 0 unspecified atom stereocenters. The topological polar surface area (TPSA) is 85.8 Å². The molecular weight excluding hydrogens is 541 g/mol. The minimum atomic E-state index is 0. The molecule has 0 aromatic heterocycles. The molecule has 184 valence electrons. The fourth-order valence-corrected chi connectivity index (χ4v) is 3.74. The van der Waals surface area contributed by atoms with Crippen molar-refractivity contribution in [2.24, 2.45) is 10.9 Å². The molecule has 2 aromatic carbocycles. The van der Waals surface area contributed by atoms with Crippen LogP contribution >= 0.6 is 24.0 Å². The van der Waals surface area contributed by atoms with E-state index >= 15 is 0 Å². The van der Waals surface area contributed by atoms with Crippen molar-refractivity contribution < 1.29 is 9.59 Å². The van der Waals surface area contributed by atoms with Crippen molar-refractivity contribution in [3.8, 4) is 0 Å². The van der Waals surface area contributed by atoms with Crippen LogP contribution in [0.1, 0.15) is 51.2 Å². The van der Waals surface area contributed by atoms with Gasteiger partial charge in [0.25, 0.3) is 0 Å². The molecule has 0 aliphatic carbocycles. The number of nitrogens with zero attached hydrogens (tertiary/aromatic N) is 2. The molecule has 2 aromatic rings. The number of benzene rings is 2. The first-order valence-electron chi connectivity index (χ1n) is 11.7. The van der Waals surface area contributed by atoms with Gasteiger partial charge in [-0.1, -0.05) is 38.1 Å². The Morgan fingerprint density at radius 1 is 1.09 bits per heavy atom. The van der Waals surface area contributed by atoms with Crippen molar-refractivity contribution in [2.75, 3.05) is 23.3 Å². The average Bonchev–Trinajstić information content (AvgIpc) is 3.21. The highest BCUT2D eigenvalue weighted by molar-refractivity contribution is 14.0. The van der Waals surface area contributed by atoms with Crippen molar-refractivity contribution in [1.82, 2.24) is 10.6 Å².